The van der Waals surface area contributed by atoms with Gasteiger partial charge in [0.05, 0.1) is 17.3 Å². The normalized spacial score (nSPS) is 14.3. The van der Waals surface area contributed by atoms with Crippen LogP contribution in [0.25, 0.3) is 15.3 Å². The van der Waals surface area contributed by atoms with Gasteiger partial charge in [0.1, 0.15) is 5.75 Å². The number of rotatable bonds is 4. The minimum absolute atomic E-state index is 0.0816. The second-order valence-electron chi connectivity index (χ2n) is 7.25. The Morgan fingerprint density at radius 3 is 2.57 bits per heavy atom. The van der Waals surface area contributed by atoms with E-state index in [9.17, 15) is 4.79 Å². The van der Waals surface area contributed by atoms with E-state index in [1.807, 2.05) is 70.4 Å². The molecule has 1 fully saturated rings. The van der Waals surface area contributed by atoms with Crippen molar-refractivity contribution in [1.82, 2.24) is 14.5 Å². The molecular weight excluding hydrogens is 396 g/mol. The Morgan fingerprint density at radius 2 is 1.80 bits per heavy atom. The number of benzene rings is 2. The summed E-state index contributed by atoms with van der Waals surface area (Å²) in [5.74, 6) is 0.932. The predicted molar refractivity (Wildman–Crippen MR) is 120 cm³/mol. The maximum Gasteiger partial charge on any atom is 0.254 e. The molecule has 1 aliphatic rings. The van der Waals surface area contributed by atoms with Crippen molar-refractivity contribution in [2.75, 3.05) is 38.2 Å². The van der Waals surface area contributed by atoms with Gasteiger partial charge in [-0.15, -0.1) is 0 Å². The van der Waals surface area contributed by atoms with Gasteiger partial charge in [-0.25, -0.2) is 4.98 Å². The van der Waals surface area contributed by atoms with Crippen LogP contribution in [-0.2, 0) is 0 Å². The molecule has 0 atom stereocenters. The zero-order valence-electron chi connectivity index (χ0n) is 16.7. The summed E-state index contributed by atoms with van der Waals surface area (Å²) in [6, 6.07) is 17.8. The van der Waals surface area contributed by atoms with Gasteiger partial charge in [-0.05, 0) is 42.5 Å². The van der Waals surface area contributed by atoms with Crippen LogP contribution in [0.1, 0.15) is 10.4 Å². The molecule has 5 rings (SSSR count). The third-order valence-corrected chi connectivity index (χ3v) is 6.47. The number of hydrogen-bond donors (Lipinski definition) is 0. The second-order valence-corrected chi connectivity index (χ2v) is 8.26. The van der Waals surface area contributed by atoms with E-state index < -0.39 is 0 Å². The van der Waals surface area contributed by atoms with Gasteiger partial charge in [-0.2, -0.15) is 0 Å². The van der Waals surface area contributed by atoms with Crippen LogP contribution in [0.4, 0.5) is 5.69 Å². The highest BCUT2D eigenvalue weighted by Gasteiger charge is 2.23. The van der Waals surface area contributed by atoms with Crippen molar-refractivity contribution in [1.29, 1.82) is 0 Å². The molecule has 0 aliphatic carbocycles. The number of methoxy groups -OCH3 is 1. The van der Waals surface area contributed by atoms with Crippen LogP contribution < -0.4 is 9.64 Å². The SMILES string of the molecule is COc1cccc(N2CCN(C(=O)c3ccc4nc(-n5cccc5)sc4c3)CC2)c1. The van der Waals surface area contributed by atoms with E-state index in [1.54, 1.807) is 18.4 Å². The summed E-state index contributed by atoms with van der Waals surface area (Å²) in [7, 11) is 1.68. The third kappa shape index (κ3) is 3.52. The molecule has 0 bridgehead atoms. The molecule has 152 valence electrons. The summed E-state index contributed by atoms with van der Waals surface area (Å²) >= 11 is 1.60. The largest absolute Gasteiger partial charge is 0.497 e. The minimum atomic E-state index is 0.0816. The van der Waals surface area contributed by atoms with E-state index in [0.29, 0.717) is 13.1 Å². The smallest absolute Gasteiger partial charge is 0.254 e. The minimum Gasteiger partial charge on any atom is -0.497 e. The molecule has 30 heavy (non-hydrogen) atoms. The predicted octanol–water partition coefficient (Wildman–Crippen LogP) is 4.06. The number of nitrogens with zero attached hydrogens (tertiary/aromatic N) is 4. The first-order chi connectivity index (χ1) is 14.7. The Balaban J connectivity index is 1.30. The molecule has 1 aliphatic heterocycles. The molecule has 6 nitrogen and oxygen atoms in total. The zero-order valence-corrected chi connectivity index (χ0v) is 17.5. The van der Waals surface area contributed by atoms with Crippen molar-refractivity contribution >= 4 is 33.1 Å². The highest BCUT2D eigenvalue weighted by molar-refractivity contribution is 7.20. The summed E-state index contributed by atoms with van der Waals surface area (Å²) in [6.45, 7) is 3.01. The summed E-state index contributed by atoms with van der Waals surface area (Å²) in [5, 5.41) is 0.909. The quantitative estimate of drug-likeness (QED) is 0.502. The molecule has 0 spiro atoms. The van der Waals surface area contributed by atoms with E-state index in [-0.39, 0.29) is 5.91 Å². The van der Waals surface area contributed by atoms with E-state index >= 15 is 0 Å². The average Bonchev–Trinajstić information content (AvgIpc) is 3.48. The van der Waals surface area contributed by atoms with Gasteiger partial charge >= 0.3 is 0 Å². The van der Waals surface area contributed by atoms with Gasteiger partial charge in [-0.1, -0.05) is 17.4 Å². The Labute approximate surface area is 178 Å². The molecule has 0 unspecified atom stereocenters. The number of fused-ring (bicyclic) bond motifs is 1. The monoisotopic (exact) mass is 418 g/mol. The summed E-state index contributed by atoms with van der Waals surface area (Å²) < 4.78 is 8.34. The molecule has 0 radical (unpaired) electrons. The lowest BCUT2D eigenvalue weighted by Gasteiger charge is -2.36. The first kappa shape index (κ1) is 18.7. The topological polar surface area (TPSA) is 50.6 Å². The van der Waals surface area contributed by atoms with E-state index in [0.717, 1.165) is 45.4 Å². The Hall–Kier alpha value is -3.32. The maximum absolute atomic E-state index is 13.1. The Morgan fingerprint density at radius 1 is 1.00 bits per heavy atom. The highest BCUT2D eigenvalue weighted by atomic mass is 32.1. The Kier molecular flexibility index (Phi) is 4.88. The maximum atomic E-state index is 13.1. The summed E-state index contributed by atoms with van der Waals surface area (Å²) in [5.41, 5.74) is 2.77. The van der Waals surface area contributed by atoms with Crippen LogP contribution in [0.15, 0.2) is 67.0 Å². The second kappa shape index (κ2) is 7.84. The van der Waals surface area contributed by atoms with Crippen LogP contribution in [0.2, 0.25) is 0 Å². The summed E-state index contributed by atoms with van der Waals surface area (Å²) in [6.07, 6.45) is 3.96. The number of amides is 1. The first-order valence-electron chi connectivity index (χ1n) is 9.93. The van der Waals surface area contributed by atoms with Gasteiger partial charge in [-0.3, -0.25) is 4.79 Å². The molecular formula is C23H22N4O2S. The number of piperazine rings is 1. The fourth-order valence-corrected chi connectivity index (χ4v) is 4.75. The molecule has 4 aromatic rings. The molecule has 2 aromatic heterocycles. The molecule has 3 heterocycles. The zero-order chi connectivity index (χ0) is 20.5. The lowest BCUT2D eigenvalue weighted by Crippen LogP contribution is -2.48. The number of anilines is 1. The molecule has 0 N–H and O–H groups in total. The number of aromatic nitrogens is 2. The van der Waals surface area contributed by atoms with Crippen LogP contribution in [0, 0.1) is 0 Å². The fraction of sp³-hybridized carbons (Fsp3) is 0.217. The number of carbonyl (C=O) groups excluding carboxylic acids is 1. The number of thiazole rings is 1. The van der Waals surface area contributed by atoms with Crippen molar-refractivity contribution in [3.8, 4) is 10.9 Å². The lowest BCUT2D eigenvalue weighted by molar-refractivity contribution is 0.0747. The highest BCUT2D eigenvalue weighted by Crippen LogP contribution is 2.27. The van der Waals surface area contributed by atoms with Gasteiger partial charge < -0.3 is 19.1 Å². The fourth-order valence-electron chi connectivity index (χ4n) is 3.78. The van der Waals surface area contributed by atoms with Crippen LogP contribution in [-0.4, -0.2) is 53.6 Å². The van der Waals surface area contributed by atoms with E-state index in [1.165, 1.54) is 0 Å². The van der Waals surface area contributed by atoms with Crippen molar-refractivity contribution in [2.45, 2.75) is 0 Å². The third-order valence-electron chi connectivity index (χ3n) is 5.43. The number of carbonyl (C=O) groups is 1. The van der Waals surface area contributed by atoms with Crippen molar-refractivity contribution in [2.24, 2.45) is 0 Å². The van der Waals surface area contributed by atoms with Gasteiger partial charge in [0, 0.05) is 55.9 Å². The molecule has 2 aromatic carbocycles. The van der Waals surface area contributed by atoms with Gasteiger partial charge in [0.2, 0.25) is 0 Å². The van der Waals surface area contributed by atoms with Crippen LogP contribution in [0.5, 0.6) is 5.75 Å². The number of ether oxygens (including phenoxy) is 1. The molecule has 0 saturated carbocycles. The first-order valence-corrected chi connectivity index (χ1v) is 10.7. The van der Waals surface area contributed by atoms with Gasteiger partial charge in [0.15, 0.2) is 5.13 Å². The molecule has 7 heteroatoms. The van der Waals surface area contributed by atoms with E-state index in [2.05, 4.69) is 16.0 Å². The molecule has 1 saturated heterocycles. The standard InChI is InChI=1S/C23H22N4O2S/c1-29-19-6-4-5-18(16-19)25-11-13-26(14-12-25)22(28)17-7-8-20-21(15-17)30-23(24-20)27-9-2-3-10-27/h2-10,15-16H,11-14H2,1H3. The van der Waals surface area contributed by atoms with E-state index in [4.69, 9.17) is 4.74 Å². The van der Waals surface area contributed by atoms with Crippen LogP contribution in [0.3, 0.4) is 0 Å². The summed E-state index contributed by atoms with van der Waals surface area (Å²) in [4.78, 5) is 22.0. The lowest BCUT2D eigenvalue weighted by atomic mass is 10.1. The van der Waals surface area contributed by atoms with Crippen molar-refractivity contribution in [3.05, 3.63) is 72.6 Å². The van der Waals surface area contributed by atoms with Crippen molar-refractivity contribution in [3.63, 3.8) is 0 Å². The van der Waals surface area contributed by atoms with Crippen LogP contribution >= 0.6 is 11.3 Å². The number of hydrogen-bond acceptors (Lipinski definition) is 5. The molecule has 1 amide bonds. The average molecular weight is 419 g/mol. The Bertz CT molecular complexity index is 1180. The van der Waals surface area contributed by atoms with Gasteiger partial charge in [0.25, 0.3) is 5.91 Å². The van der Waals surface area contributed by atoms with Crippen molar-refractivity contribution < 1.29 is 9.53 Å².